The molecule has 0 aromatic heterocycles. The molecule has 0 bridgehead atoms. The zero-order chi connectivity index (χ0) is 32.1. The molecule has 1 heterocycles. The lowest BCUT2D eigenvalue weighted by Gasteiger charge is -2.36. The second kappa shape index (κ2) is 13.7. The van der Waals surface area contributed by atoms with E-state index in [9.17, 15) is 36.6 Å². The molecule has 3 aromatic rings. The smallest absolute Gasteiger partial charge is 0.416 e. The molecule has 0 saturated heterocycles. The molecule has 1 unspecified atom stereocenters. The van der Waals surface area contributed by atoms with E-state index in [1.54, 1.807) is 12.1 Å². The van der Waals surface area contributed by atoms with Crippen LogP contribution in [0.4, 0.5) is 18.0 Å². The van der Waals surface area contributed by atoms with Crippen LogP contribution in [0.3, 0.4) is 0 Å². The monoisotopic (exact) mass is 637 g/mol. The summed E-state index contributed by atoms with van der Waals surface area (Å²) in [6.07, 6.45) is -7.18. The van der Waals surface area contributed by atoms with Gasteiger partial charge in [0, 0.05) is 6.07 Å². The summed E-state index contributed by atoms with van der Waals surface area (Å²) in [5.41, 5.74) is -0.0101. The number of ether oxygens (including phenoxy) is 3. The fourth-order valence-electron chi connectivity index (χ4n) is 4.88. The molecule has 1 amide bonds. The van der Waals surface area contributed by atoms with Crippen LogP contribution in [0.5, 0.6) is 17.2 Å². The number of alkyl halides is 3. The first-order valence-corrected chi connectivity index (χ1v) is 15.3. The highest BCUT2D eigenvalue weighted by Gasteiger charge is 2.40. The van der Waals surface area contributed by atoms with E-state index in [0.717, 1.165) is 12.1 Å². The van der Waals surface area contributed by atoms with E-state index in [1.807, 2.05) is 6.92 Å². The second-order valence-electron chi connectivity index (χ2n) is 10.3. The van der Waals surface area contributed by atoms with Gasteiger partial charge in [0.2, 0.25) is 6.79 Å². The fraction of sp³-hybridized carbons (Fsp3) is 0.367. The lowest BCUT2D eigenvalue weighted by molar-refractivity contribution is -0.270. The molecule has 3 aromatic carbocycles. The van der Waals surface area contributed by atoms with E-state index in [1.165, 1.54) is 42.5 Å². The van der Waals surface area contributed by atoms with Crippen LogP contribution in [0.25, 0.3) is 0 Å². The van der Waals surface area contributed by atoms with Crippen LogP contribution in [-0.4, -0.2) is 48.8 Å². The van der Waals surface area contributed by atoms with Crippen molar-refractivity contribution in [2.24, 2.45) is 5.84 Å². The lowest BCUT2D eigenvalue weighted by Crippen LogP contribution is -2.59. The summed E-state index contributed by atoms with van der Waals surface area (Å²) in [6.45, 7) is 1.65. The zero-order valence-corrected chi connectivity index (χ0v) is 24.5. The number of amides is 1. The fourth-order valence-corrected chi connectivity index (χ4v) is 6.78. The second-order valence-corrected chi connectivity index (χ2v) is 12.5. The van der Waals surface area contributed by atoms with Crippen molar-refractivity contribution in [3.8, 4) is 17.2 Å². The number of hydrazine groups is 1. The Hall–Kier alpha value is -4.01. The topological polar surface area (TPSA) is 151 Å². The predicted octanol–water partition coefficient (Wildman–Crippen LogP) is 3.84. The van der Waals surface area contributed by atoms with Gasteiger partial charge < -0.3 is 29.2 Å². The van der Waals surface area contributed by atoms with Gasteiger partial charge in [0.1, 0.15) is 12.4 Å². The summed E-state index contributed by atoms with van der Waals surface area (Å²) in [5.74, 6) is 6.72. The molecular formula is C30H32F3N2O8S-. The van der Waals surface area contributed by atoms with Gasteiger partial charge >= 0.3 is 6.18 Å². The molecule has 0 saturated carbocycles. The molecule has 0 spiro atoms. The number of benzene rings is 3. The first kappa shape index (κ1) is 32.9. The van der Waals surface area contributed by atoms with E-state index in [4.69, 9.17) is 20.1 Å². The molecule has 0 aliphatic carbocycles. The first-order chi connectivity index (χ1) is 20.8. The Morgan fingerprint density at radius 1 is 1.07 bits per heavy atom. The van der Waals surface area contributed by atoms with Crippen LogP contribution in [0, 0.1) is 0 Å². The van der Waals surface area contributed by atoms with Gasteiger partial charge in [-0.25, -0.2) is 14.3 Å². The van der Waals surface area contributed by atoms with Gasteiger partial charge in [-0.15, -0.1) is 0 Å². The molecule has 1 aliphatic heterocycles. The Kier molecular flexibility index (Phi) is 10.3. The zero-order valence-electron chi connectivity index (χ0n) is 23.7. The van der Waals surface area contributed by atoms with Gasteiger partial charge in [-0.05, 0) is 60.4 Å². The number of fused-ring (bicyclic) bond motifs is 1. The van der Waals surface area contributed by atoms with Gasteiger partial charge in [-0.3, -0.25) is 5.01 Å². The van der Waals surface area contributed by atoms with Crippen molar-refractivity contribution in [3.63, 3.8) is 0 Å². The summed E-state index contributed by atoms with van der Waals surface area (Å²) in [7, 11) is -4.21. The van der Waals surface area contributed by atoms with E-state index >= 15 is 0 Å². The van der Waals surface area contributed by atoms with Gasteiger partial charge in [0.25, 0.3) is 0 Å². The van der Waals surface area contributed by atoms with Gasteiger partial charge in [-0.1, -0.05) is 44.0 Å². The van der Waals surface area contributed by atoms with Crippen molar-refractivity contribution in [1.29, 1.82) is 0 Å². The largest absolute Gasteiger partial charge is 0.529 e. The normalized spacial score (nSPS) is 15.0. The summed E-state index contributed by atoms with van der Waals surface area (Å²) in [4.78, 5) is 11.7. The standard InChI is InChI=1S/C30H33F3N2O8S/c1-2-3-7-27(44(39,40)23-12-13-25-26(16-23)43-18-42-25)28(36)24(35(34)29(37)38)15-19-8-10-22(11-9-19)41-17-20-5-4-6-21(14-20)30(31,32)33/h4-6,8-14,16,24,27-28,36H,2-3,7,15,17-18,34H2,1H3,(H,37,38)/p-1/t24-,27?,28+/m0/s1. The summed E-state index contributed by atoms with van der Waals surface area (Å²) in [5, 5.41) is 22.1. The van der Waals surface area contributed by atoms with E-state index in [2.05, 4.69) is 0 Å². The maximum Gasteiger partial charge on any atom is 0.416 e. The Labute approximate surface area is 252 Å². The number of carboxylic acid groups (broad SMARTS) is 1. The van der Waals surface area contributed by atoms with Gasteiger partial charge in [0.15, 0.2) is 27.4 Å². The Balaban J connectivity index is 1.53. The molecule has 1 aliphatic rings. The van der Waals surface area contributed by atoms with Crippen molar-refractivity contribution in [2.75, 3.05) is 6.79 Å². The molecule has 238 valence electrons. The number of nitrogens with zero attached hydrogens (tertiary/aromatic N) is 1. The minimum absolute atomic E-state index is 0.0220. The van der Waals surface area contributed by atoms with Crippen molar-refractivity contribution < 1.29 is 50.8 Å². The number of carbonyl (C=O) groups is 1. The van der Waals surface area contributed by atoms with Crippen molar-refractivity contribution >= 4 is 15.9 Å². The molecule has 10 nitrogen and oxygen atoms in total. The number of halogens is 3. The number of hydrogen-bond donors (Lipinski definition) is 2. The summed E-state index contributed by atoms with van der Waals surface area (Å²) >= 11 is 0. The van der Waals surface area contributed by atoms with E-state index in [-0.39, 0.29) is 41.9 Å². The average Bonchev–Trinajstić information content (AvgIpc) is 3.47. The first-order valence-electron chi connectivity index (χ1n) is 13.8. The third kappa shape index (κ3) is 7.73. The third-order valence-electron chi connectivity index (χ3n) is 7.28. The molecule has 4 rings (SSSR count). The number of hydrogen-bond acceptors (Lipinski definition) is 9. The molecule has 44 heavy (non-hydrogen) atoms. The van der Waals surface area contributed by atoms with Crippen LogP contribution in [0.15, 0.2) is 71.6 Å². The molecule has 3 N–H and O–H groups in total. The Morgan fingerprint density at radius 3 is 2.43 bits per heavy atom. The highest BCUT2D eigenvalue weighted by molar-refractivity contribution is 7.92. The number of aliphatic hydroxyl groups is 1. The van der Waals surface area contributed by atoms with Crippen LogP contribution in [0.2, 0.25) is 0 Å². The number of rotatable bonds is 13. The highest BCUT2D eigenvalue weighted by Crippen LogP contribution is 2.36. The number of unbranched alkanes of at least 4 members (excludes halogenated alkanes) is 1. The molecule has 0 fully saturated rings. The summed E-state index contributed by atoms with van der Waals surface area (Å²) < 4.78 is 82.7. The SMILES string of the molecule is CCCCC([C@H](O)[C@H](Cc1ccc(OCc2cccc(C(F)(F)F)c2)cc1)N(N)C(=O)[O-])S(=O)(=O)c1ccc2c(c1)OCO2. The van der Waals surface area contributed by atoms with Gasteiger partial charge in [-0.2, -0.15) is 13.2 Å². The minimum atomic E-state index is -4.49. The van der Waals surface area contributed by atoms with Crippen LogP contribution in [-0.2, 0) is 29.0 Å². The Morgan fingerprint density at radius 2 is 1.77 bits per heavy atom. The van der Waals surface area contributed by atoms with Crippen molar-refractivity contribution in [2.45, 2.75) is 67.7 Å². The maximum atomic E-state index is 13.8. The number of carbonyl (C=O) groups excluding carboxylic acids is 1. The maximum absolute atomic E-state index is 13.8. The quantitative estimate of drug-likeness (QED) is 0.162. The Bertz CT molecular complexity index is 1550. The third-order valence-corrected chi connectivity index (χ3v) is 9.51. The lowest BCUT2D eigenvalue weighted by atomic mass is 9.96. The van der Waals surface area contributed by atoms with E-state index < -0.39 is 45.1 Å². The van der Waals surface area contributed by atoms with Crippen molar-refractivity contribution in [3.05, 3.63) is 83.4 Å². The minimum Gasteiger partial charge on any atom is -0.529 e. The average molecular weight is 638 g/mol. The molecule has 0 radical (unpaired) electrons. The van der Waals surface area contributed by atoms with Crippen LogP contribution in [0.1, 0.15) is 42.9 Å². The predicted molar refractivity (Wildman–Crippen MR) is 150 cm³/mol. The van der Waals surface area contributed by atoms with E-state index in [0.29, 0.717) is 35.5 Å². The number of nitrogens with two attached hydrogens (primary N) is 1. The van der Waals surface area contributed by atoms with Crippen molar-refractivity contribution in [1.82, 2.24) is 5.01 Å². The number of aliphatic hydroxyl groups excluding tert-OH is 1. The van der Waals surface area contributed by atoms with Gasteiger partial charge in [0.05, 0.1) is 27.9 Å². The van der Waals surface area contributed by atoms with Crippen LogP contribution >= 0.6 is 0 Å². The molecule has 3 atom stereocenters. The summed E-state index contributed by atoms with van der Waals surface area (Å²) in [6, 6.07) is 13.5. The molecular weight excluding hydrogens is 605 g/mol. The number of sulfone groups is 1. The van der Waals surface area contributed by atoms with Crippen LogP contribution < -0.4 is 25.2 Å². The highest BCUT2D eigenvalue weighted by atomic mass is 32.2. The molecule has 14 heteroatoms.